The second-order valence-electron chi connectivity index (χ2n) is 9.20. The minimum absolute atomic E-state index is 0.0483. The lowest BCUT2D eigenvalue weighted by Crippen LogP contribution is -2.17. The third-order valence-corrected chi connectivity index (χ3v) is 6.96. The fourth-order valence-corrected chi connectivity index (χ4v) is 5.31. The van der Waals surface area contributed by atoms with Gasteiger partial charge in [-0.2, -0.15) is 5.26 Å². The van der Waals surface area contributed by atoms with Crippen LogP contribution in [0.1, 0.15) is 22.3 Å². The molecule has 35 heavy (non-hydrogen) atoms. The van der Waals surface area contributed by atoms with Gasteiger partial charge in [0.25, 0.3) is 0 Å². The Labute approximate surface area is 199 Å². The van der Waals surface area contributed by atoms with Gasteiger partial charge in [-0.05, 0) is 74.3 Å². The van der Waals surface area contributed by atoms with Crippen LogP contribution in [0.4, 0.5) is 13.2 Å². The van der Waals surface area contributed by atoms with Crippen molar-refractivity contribution in [1.82, 2.24) is 10.6 Å². The molecule has 7 rings (SSSR count). The van der Waals surface area contributed by atoms with Crippen molar-refractivity contribution in [1.29, 1.82) is 5.26 Å². The number of benzene rings is 3. The van der Waals surface area contributed by atoms with Gasteiger partial charge in [0.15, 0.2) is 0 Å². The molecule has 0 radical (unpaired) electrons. The Bertz CT molecular complexity index is 1540. The Balaban J connectivity index is 1.47. The number of fused-ring (bicyclic) bond motifs is 6. The fraction of sp³-hybridized carbons (Fsp3) is 0.179. The van der Waals surface area contributed by atoms with E-state index in [1.807, 2.05) is 12.1 Å². The van der Waals surface area contributed by atoms with Gasteiger partial charge in [0, 0.05) is 24.7 Å². The molecule has 4 nitrogen and oxygen atoms in total. The zero-order valence-corrected chi connectivity index (χ0v) is 18.3. The van der Waals surface area contributed by atoms with Crippen LogP contribution in [0.2, 0.25) is 0 Å². The number of hydrogen-bond donors (Lipinski definition) is 2. The lowest BCUT2D eigenvalue weighted by Gasteiger charge is -2.10. The predicted octanol–water partition coefficient (Wildman–Crippen LogP) is 5.25. The van der Waals surface area contributed by atoms with Crippen molar-refractivity contribution >= 4 is 11.1 Å². The third-order valence-electron chi connectivity index (χ3n) is 6.96. The predicted molar refractivity (Wildman–Crippen MR) is 126 cm³/mol. The molecule has 2 saturated heterocycles. The monoisotopic (exact) mass is 469 g/mol. The van der Waals surface area contributed by atoms with Gasteiger partial charge in [0.05, 0.1) is 17.7 Å². The second kappa shape index (κ2) is 7.08. The number of nitrogens with one attached hydrogen (secondary N) is 2. The molecule has 2 fully saturated rings. The van der Waals surface area contributed by atoms with Gasteiger partial charge in [-0.15, -0.1) is 13.2 Å². The molecule has 3 aromatic carbocycles. The average molecular weight is 469 g/mol. The van der Waals surface area contributed by atoms with Crippen LogP contribution in [0.3, 0.4) is 0 Å². The molecule has 4 aliphatic rings. The summed E-state index contributed by atoms with van der Waals surface area (Å²) >= 11 is 0. The van der Waals surface area contributed by atoms with Gasteiger partial charge in [-0.1, -0.05) is 36.4 Å². The van der Waals surface area contributed by atoms with E-state index in [0.29, 0.717) is 0 Å². The van der Waals surface area contributed by atoms with Crippen LogP contribution in [0.25, 0.3) is 33.4 Å². The SMILES string of the molecule is N#C/C(=C1/c2ccccc2-c2cc3c(cc21)/C(=C\C1CN1)c1cc(OC(F)(F)F)ccc1-3)C1CN1. The van der Waals surface area contributed by atoms with Crippen molar-refractivity contribution in [2.75, 3.05) is 13.1 Å². The molecular formula is C28H18F3N3O. The summed E-state index contributed by atoms with van der Waals surface area (Å²) in [4.78, 5) is 0. The van der Waals surface area contributed by atoms with Crippen molar-refractivity contribution in [3.63, 3.8) is 0 Å². The van der Waals surface area contributed by atoms with Gasteiger partial charge in [0.2, 0.25) is 0 Å². The number of ether oxygens (including phenoxy) is 1. The van der Waals surface area contributed by atoms with E-state index in [1.54, 1.807) is 6.07 Å². The minimum atomic E-state index is -4.75. The number of hydrogen-bond acceptors (Lipinski definition) is 4. The van der Waals surface area contributed by atoms with E-state index < -0.39 is 6.36 Å². The Hall–Kier alpha value is -3.86. The zero-order valence-electron chi connectivity index (χ0n) is 18.3. The molecule has 2 aliphatic carbocycles. The third kappa shape index (κ3) is 3.29. The molecule has 2 aliphatic heterocycles. The van der Waals surface area contributed by atoms with Crippen LogP contribution in [0.5, 0.6) is 5.75 Å². The smallest absolute Gasteiger partial charge is 0.406 e. The molecule has 0 saturated carbocycles. The number of nitrogens with zero attached hydrogens (tertiary/aromatic N) is 1. The van der Waals surface area contributed by atoms with E-state index >= 15 is 0 Å². The molecule has 3 aromatic rings. The molecule has 0 spiro atoms. The van der Waals surface area contributed by atoms with Crippen molar-refractivity contribution in [3.05, 3.63) is 88.5 Å². The van der Waals surface area contributed by atoms with Crippen LogP contribution >= 0.6 is 0 Å². The molecule has 7 heteroatoms. The standard InChI is InChI=1S/C28H18F3N3O/c29-28(30,31)35-15-5-6-17-20(8-15)19(7-14-12-33-14)23-10-24-22(9-21(17)23)16-3-1-2-4-18(16)27(24)25(11-32)26-13-34-26/h1-10,14,26,33-34H,12-13H2/b19-7-,27-25+. The number of nitriles is 1. The van der Waals surface area contributed by atoms with Gasteiger partial charge in [0.1, 0.15) is 5.75 Å². The first kappa shape index (κ1) is 20.5. The van der Waals surface area contributed by atoms with Gasteiger partial charge < -0.3 is 15.4 Å². The van der Waals surface area contributed by atoms with E-state index in [-0.39, 0.29) is 17.8 Å². The summed E-state index contributed by atoms with van der Waals surface area (Å²) in [5, 5.41) is 16.5. The molecule has 2 heterocycles. The summed E-state index contributed by atoms with van der Waals surface area (Å²) < 4.78 is 43.0. The molecule has 2 atom stereocenters. The fourth-order valence-electron chi connectivity index (χ4n) is 5.31. The summed E-state index contributed by atoms with van der Waals surface area (Å²) in [6, 6.07) is 19.5. The highest BCUT2D eigenvalue weighted by Gasteiger charge is 2.37. The lowest BCUT2D eigenvalue weighted by molar-refractivity contribution is -0.274. The summed E-state index contributed by atoms with van der Waals surface area (Å²) in [5.74, 6) is -0.233. The lowest BCUT2D eigenvalue weighted by atomic mass is 9.93. The number of alkyl halides is 3. The van der Waals surface area contributed by atoms with Crippen molar-refractivity contribution < 1.29 is 17.9 Å². The largest absolute Gasteiger partial charge is 0.573 e. The molecule has 172 valence electrons. The summed E-state index contributed by atoms with van der Waals surface area (Å²) in [5.41, 5.74) is 10.2. The highest BCUT2D eigenvalue weighted by molar-refractivity contribution is 6.09. The maximum atomic E-state index is 12.9. The van der Waals surface area contributed by atoms with Crippen molar-refractivity contribution in [2.45, 2.75) is 18.4 Å². The van der Waals surface area contributed by atoms with E-state index in [4.69, 9.17) is 0 Å². The maximum Gasteiger partial charge on any atom is 0.573 e. The number of halogens is 3. The van der Waals surface area contributed by atoms with Crippen molar-refractivity contribution in [2.24, 2.45) is 0 Å². The van der Waals surface area contributed by atoms with E-state index in [0.717, 1.165) is 74.3 Å². The quantitative estimate of drug-likeness (QED) is 0.280. The van der Waals surface area contributed by atoms with E-state index in [1.165, 1.54) is 12.1 Å². The van der Waals surface area contributed by atoms with Crippen LogP contribution in [-0.2, 0) is 0 Å². The van der Waals surface area contributed by atoms with Crippen molar-refractivity contribution in [3.8, 4) is 34.1 Å². The Kier molecular flexibility index (Phi) is 4.15. The molecule has 2 unspecified atom stereocenters. The van der Waals surface area contributed by atoms with Gasteiger partial charge in [-0.25, -0.2) is 0 Å². The first-order chi connectivity index (χ1) is 16.9. The molecular weight excluding hydrogens is 451 g/mol. The molecule has 0 aromatic heterocycles. The molecule has 0 bridgehead atoms. The average Bonchev–Trinajstić information content (AvgIpc) is 3.75. The number of rotatable bonds is 3. The summed E-state index contributed by atoms with van der Waals surface area (Å²) in [6.45, 7) is 1.61. The first-order valence-corrected chi connectivity index (χ1v) is 11.4. The highest BCUT2D eigenvalue weighted by Crippen LogP contribution is 2.53. The first-order valence-electron chi connectivity index (χ1n) is 11.4. The second-order valence-corrected chi connectivity index (χ2v) is 9.20. The van der Waals surface area contributed by atoms with Crippen LogP contribution in [0.15, 0.2) is 66.2 Å². The Morgan fingerprint density at radius 1 is 0.857 bits per heavy atom. The minimum Gasteiger partial charge on any atom is -0.406 e. The Morgan fingerprint density at radius 2 is 1.51 bits per heavy atom. The topological polar surface area (TPSA) is 76.9 Å². The van der Waals surface area contributed by atoms with Crippen LogP contribution < -0.4 is 15.4 Å². The molecule has 2 N–H and O–H groups in total. The van der Waals surface area contributed by atoms with Crippen LogP contribution in [0, 0.1) is 11.3 Å². The zero-order chi connectivity index (χ0) is 23.9. The maximum absolute atomic E-state index is 12.9. The van der Waals surface area contributed by atoms with Gasteiger partial charge >= 0.3 is 6.36 Å². The van der Waals surface area contributed by atoms with Gasteiger partial charge in [-0.3, -0.25) is 0 Å². The normalized spacial score (nSPS) is 23.2. The van der Waals surface area contributed by atoms with E-state index in [2.05, 4.69) is 51.8 Å². The van der Waals surface area contributed by atoms with E-state index in [9.17, 15) is 18.4 Å². The summed E-state index contributed by atoms with van der Waals surface area (Å²) in [7, 11) is 0. The Morgan fingerprint density at radius 3 is 2.20 bits per heavy atom. The molecule has 0 amide bonds. The highest BCUT2D eigenvalue weighted by atomic mass is 19.4. The van der Waals surface area contributed by atoms with Crippen LogP contribution in [-0.4, -0.2) is 31.5 Å². The summed E-state index contributed by atoms with van der Waals surface area (Å²) in [6.07, 6.45) is -2.68.